The lowest BCUT2D eigenvalue weighted by molar-refractivity contribution is 0.886. The first-order chi connectivity index (χ1) is 4.91. The van der Waals surface area contributed by atoms with E-state index in [9.17, 15) is 0 Å². The van der Waals surface area contributed by atoms with Gasteiger partial charge in [-0.3, -0.25) is 0 Å². The van der Waals surface area contributed by atoms with Gasteiger partial charge in [-0.25, -0.2) is 0 Å². The second-order valence-corrected chi connectivity index (χ2v) is 1.000. The van der Waals surface area contributed by atoms with Crippen LogP contribution in [0.25, 0.3) is 0 Å². The number of hydrogen-bond acceptors (Lipinski definition) is 3. The van der Waals surface area contributed by atoms with Crippen molar-refractivity contribution in [2.45, 2.75) is 26.7 Å². The van der Waals surface area contributed by atoms with Crippen molar-refractivity contribution in [3.05, 3.63) is 0 Å². The highest BCUT2D eigenvalue weighted by molar-refractivity contribution is 5.75. The minimum Gasteiger partial charge on any atom is -0.333 e. The number of nitrogens with two attached hydrogens (primary N) is 3. The fourth-order valence-corrected chi connectivity index (χ4v) is 0. The van der Waals surface area contributed by atoms with Gasteiger partial charge in [0.05, 0.1) is 0 Å². The molecule has 6 N–H and O–H groups in total. The summed E-state index contributed by atoms with van der Waals surface area (Å²) in [5, 5.41) is 0. The summed E-state index contributed by atoms with van der Waals surface area (Å²) in [6.45, 7) is 4.36. The highest BCUT2D eigenvalue weighted by Crippen LogP contribution is 1.76. The van der Waals surface area contributed by atoms with E-state index in [-0.39, 0.29) is 17.4 Å². The molecule has 4 heteroatoms. The van der Waals surface area contributed by atoms with Crippen LogP contribution in [0.15, 0.2) is 0 Å². The third-order valence-corrected chi connectivity index (χ3v) is 0.500. The van der Waals surface area contributed by atoms with Crippen LogP contribution in [0.4, 0.5) is 0 Å². The van der Waals surface area contributed by atoms with Gasteiger partial charge in [-0.15, -0.1) is 0 Å². The fourth-order valence-electron chi connectivity index (χ4n) is 0. The van der Waals surface area contributed by atoms with E-state index in [1.807, 2.05) is 0 Å². The van der Waals surface area contributed by atoms with Gasteiger partial charge in [0.1, 0.15) is 0 Å². The molecule has 11 heavy (non-hydrogen) atoms. The standard InChI is InChI=1S/C4H10.3CH5N.Al.3H/c1-3-4-2;3*1-2;;;;/h3-4H2,1-2H3;3*2H2,1H3;;;;. The second kappa shape index (κ2) is 159. The van der Waals surface area contributed by atoms with Crippen LogP contribution in [0.3, 0.4) is 0 Å². The molecular formula is C7H28AlN3. The Kier molecular flexibility index (Phi) is 434. The molecule has 0 unspecified atom stereocenters. The monoisotopic (exact) mass is 181 g/mol. The topological polar surface area (TPSA) is 78.1 Å². The maximum absolute atomic E-state index is 4.50. The SMILES string of the molecule is CCCC.CN.CN.CN.[AlH3]. The Balaban J connectivity index is -0.0000000152. The highest BCUT2D eigenvalue weighted by atomic mass is 27.0. The summed E-state index contributed by atoms with van der Waals surface area (Å²) < 4.78 is 0. The summed E-state index contributed by atoms with van der Waals surface area (Å²) >= 11 is 0. The van der Waals surface area contributed by atoms with E-state index in [4.69, 9.17) is 0 Å². The average Bonchev–Trinajstić information content (AvgIpc) is 2.14. The summed E-state index contributed by atoms with van der Waals surface area (Å²) in [4.78, 5) is 0. The summed E-state index contributed by atoms with van der Waals surface area (Å²) in [5.74, 6) is 0. The molecular weight excluding hydrogens is 153 g/mol. The lowest BCUT2D eigenvalue weighted by Crippen LogP contribution is -1.69. The molecule has 0 atom stereocenters. The van der Waals surface area contributed by atoms with Gasteiger partial charge in [-0.2, -0.15) is 0 Å². The lowest BCUT2D eigenvalue weighted by atomic mass is 10.4. The second-order valence-electron chi connectivity index (χ2n) is 1.000. The maximum atomic E-state index is 4.50. The molecule has 0 heterocycles. The van der Waals surface area contributed by atoms with Crippen molar-refractivity contribution in [1.82, 2.24) is 0 Å². The molecule has 0 radical (unpaired) electrons. The first-order valence-corrected chi connectivity index (χ1v) is 3.65. The Morgan fingerprint density at radius 1 is 0.636 bits per heavy atom. The molecule has 0 saturated carbocycles. The Bertz CT molecular complexity index is 15.6. The molecule has 3 nitrogen and oxygen atoms in total. The van der Waals surface area contributed by atoms with Crippen LogP contribution in [-0.4, -0.2) is 38.5 Å². The Morgan fingerprint density at radius 3 is 0.727 bits per heavy atom. The quantitative estimate of drug-likeness (QED) is 0.470. The molecule has 0 aliphatic rings. The first kappa shape index (κ1) is 30.1. The van der Waals surface area contributed by atoms with Crippen LogP contribution in [0.1, 0.15) is 26.7 Å². The number of hydrogen-bond donors (Lipinski definition) is 3. The molecule has 0 fully saturated rings. The molecule has 0 amide bonds. The number of rotatable bonds is 1. The molecule has 0 spiro atoms. The van der Waals surface area contributed by atoms with E-state index in [0.29, 0.717) is 0 Å². The van der Waals surface area contributed by atoms with E-state index in [2.05, 4.69) is 31.0 Å². The summed E-state index contributed by atoms with van der Waals surface area (Å²) in [6, 6.07) is 0. The Morgan fingerprint density at radius 2 is 0.727 bits per heavy atom. The van der Waals surface area contributed by atoms with Crippen molar-refractivity contribution >= 4 is 17.4 Å². The molecule has 74 valence electrons. The normalized spacial score (nSPS) is 4.36. The van der Waals surface area contributed by atoms with Gasteiger partial charge in [0.2, 0.25) is 0 Å². The predicted molar refractivity (Wildman–Crippen MR) is 60.9 cm³/mol. The van der Waals surface area contributed by atoms with Crippen molar-refractivity contribution in [2.75, 3.05) is 21.1 Å². The molecule has 0 aliphatic carbocycles. The molecule has 0 aliphatic heterocycles. The number of unbranched alkanes of at least 4 members (excludes halogenated alkanes) is 1. The van der Waals surface area contributed by atoms with Crippen LogP contribution >= 0.6 is 0 Å². The van der Waals surface area contributed by atoms with Gasteiger partial charge in [-0.1, -0.05) is 26.7 Å². The Labute approximate surface area is 82.8 Å². The van der Waals surface area contributed by atoms with Gasteiger partial charge in [0.25, 0.3) is 0 Å². The van der Waals surface area contributed by atoms with E-state index >= 15 is 0 Å². The van der Waals surface area contributed by atoms with Crippen molar-refractivity contribution in [3.8, 4) is 0 Å². The zero-order valence-electron chi connectivity index (χ0n) is 8.15. The third kappa shape index (κ3) is 369. The predicted octanol–water partition coefficient (Wildman–Crippen LogP) is -0.653. The van der Waals surface area contributed by atoms with Gasteiger partial charge < -0.3 is 17.2 Å². The molecule has 0 saturated heterocycles. The smallest absolute Gasteiger partial charge is 0.187 e. The fraction of sp³-hybridized carbons (Fsp3) is 1.00. The zero-order valence-corrected chi connectivity index (χ0v) is 8.15. The van der Waals surface area contributed by atoms with Gasteiger partial charge >= 0.3 is 0 Å². The Hall–Kier alpha value is 0.412. The van der Waals surface area contributed by atoms with Crippen molar-refractivity contribution in [3.63, 3.8) is 0 Å². The largest absolute Gasteiger partial charge is 0.333 e. The summed E-state index contributed by atoms with van der Waals surface area (Å²) in [7, 11) is 4.50. The molecule has 0 bridgehead atoms. The van der Waals surface area contributed by atoms with Crippen LogP contribution < -0.4 is 17.2 Å². The average molecular weight is 181 g/mol. The van der Waals surface area contributed by atoms with E-state index in [0.717, 1.165) is 0 Å². The third-order valence-electron chi connectivity index (χ3n) is 0.500. The van der Waals surface area contributed by atoms with Crippen molar-refractivity contribution in [2.24, 2.45) is 17.2 Å². The van der Waals surface area contributed by atoms with Gasteiger partial charge in [-0.05, 0) is 21.1 Å². The summed E-state index contributed by atoms with van der Waals surface area (Å²) in [6.07, 6.45) is 2.64. The molecule has 0 aromatic rings. The molecule has 0 aromatic carbocycles. The van der Waals surface area contributed by atoms with Crippen LogP contribution in [0, 0.1) is 0 Å². The van der Waals surface area contributed by atoms with Crippen LogP contribution in [-0.2, 0) is 0 Å². The van der Waals surface area contributed by atoms with E-state index in [1.54, 1.807) is 0 Å². The lowest BCUT2D eigenvalue weighted by Gasteiger charge is -1.68. The van der Waals surface area contributed by atoms with Gasteiger partial charge in [0.15, 0.2) is 17.4 Å². The molecule has 0 aromatic heterocycles. The summed E-state index contributed by atoms with van der Waals surface area (Å²) in [5.41, 5.74) is 13.5. The van der Waals surface area contributed by atoms with Gasteiger partial charge in [0, 0.05) is 0 Å². The minimum atomic E-state index is 0. The van der Waals surface area contributed by atoms with E-state index in [1.165, 1.54) is 34.0 Å². The minimum absolute atomic E-state index is 0. The van der Waals surface area contributed by atoms with Crippen LogP contribution in [0.5, 0.6) is 0 Å². The first-order valence-electron chi connectivity index (χ1n) is 3.65. The van der Waals surface area contributed by atoms with Crippen LogP contribution in [0.2, 0.25) is 0 Å². The highest BCUT2D eigenvalue weighted by Gasteiger charge is 1.56. The van der Waals surface area contributed by atoms with E-state index < -0.39 is 0 Å². The zero-order chi connectivity index (χ0) is 9.41. The van der Waals surface area contributed by atoms with Crippen molar-refractivity contribution in [1.29, 1.82) is 0 Å². The molecule has 0 rings (SSSR count). The van der Waals surface area contributed by atoms with Crippen molar-refractivity contribution < 1.29 is 0 Å². The maximum Gasteiger partial charge on any atom is 0.187 e.